The van der Waals surface area contributed by atoms with Gasteiger partial charge in [-0.25, -0.2) is 13.5 Å². The molecular formula is C20H32FN2OS+. The van der Waals surface area contributed by atoms with Crippen LogP contribution in [0.2, 0.25) is 0 Å². The van der Waals surface area contributed by atoms with E-state index in [1.54, 1.807) is 13.2 Å². The number of hydrogen-bond acceptors (Lipinski definition) is 2. The van der Waals surface area contributed by atoms with Crippen molar-refractivity contribution in [3.63, 3.8) is 0 Å². The summed E-state index contributed by atoms with van der Waals surface area (Å²) in [5.41, 5.74) is 0.234. The van der Waals surface area contributed by atoms with E-state index in [2.05, 4.69) is 56.1 Å². The summed E-state index contributed by atoms with van der Waals surface area (Å²) in [7, 11) is 1.65. The van der Waals surface area contributed by atoms with Crippen LogP contribution >= 0.6 is 12.6 Å². The molecule has 0 radical (unpaired) electrons. The van der Waals surface area contributed by atoms with E-state index in [0.29, 0.717) is 13.0 Å². The lowest BCUT2D eigenvalue weighted by atomic mass is 9.85. The second kappa shape index (κ2) is 7.56. The molecule has 0 aliphatic heterocycles. The van der Waals surface area contributed by atoms with E-state index in [1.165, 1.54) is 6.08 Å². The molecule has 0 spiro atoms. The maximum atomic E-state index is 13.7. The van der Waals surface area contributed by atoms with Crippen LogP contribution in [0.3, 0.4) is 0 Å². The van der Waals surface area contributed by atoms with Gasteiger partial charge in [0.1, 0.15) is 37.1 Å². The number of nitrogens with zero attached hydrogens (tertiary/aromatic N) is 2. The molecule has 3 nitrogen and oxygen atoms in total. The molecule has 0 aromatic carbocycles. The number of ether oxygens (including phenoxy) is 1. The van der Waals surface area contributed by atoms with Gasteiger partial charge in [-0.05, 0) is 30.9 Å². The highest BCUT2D eigenvalue weighted by atomic mass is 32.1. The molecule has 1 heterocycles. The molecule has 1 aliphatic carbocycles. The lowest BCUT2D eigenvalue weighted by Gasteiger charge is -2.30. The van der Waals surface area contributed by atoms with Crippen molar-refractivity contribution in [3.05, 3.63) is 42.0 Å². The van der Waals surface area contributed by atoms with Gasteiger partial charge in [0, 0.05) is 18.1 Å². The van der Waals surface area contributed by atoms with E-state index in [9.17, 15) is 4.39 Å². The minimum absolute atomic E-state index is 0.0338. The smallest absolute Gasteiger partial charge is 0.253 e. The first-order chi connectivity index (χ1) is 11.5. The van der Waals surface area contributed by atoms with Gasteiger partial charge >= 0.3 is 0 Å². The van der Waals surface area contributed by atoms with Crippen LogP contribution in [0.25, 0.3) is 0 Å². The quantitative estimate of drug-likeness (QED) is 0.574. The molecule has 5 heteroatoms. The fraction of sp³-hybridized carbons (Fsp3) is 0.650. The number of thiol groups is 1. The summed E-state index contributed by atoms with van der Waals surface area (Å²) in [6, 6.07) is 0. The second-order valence-electron chi connectivity index (χ2n) is 8.65. The van der Waals surface area contributed by atoms with Crippen molar-refractivity contribution >= 4 is 12.6 Å². The summed E-state index contributed by atoms with van der Waals surface area (Å²) in [5.74, 6) is 1.94. The Bertz CT molecular complexity index is 668. The average Bonchev–Trinajstić information content (AvgIpc) is 2.77. The number of aromatic nitrogens is 2. The predicted molar refractivity (Wildman–Crippen MR) is 103 cm³/mol. The fourth-order valence-electron chi connectivity index (χ4n) is 3.81. The first kappa shape index (κ1) is 20.1. The Labute approximate surface area is 157 Å². The number of methoxy groups -OCH3 is 1. The van der Waals surface area contributed by atoms with Crippen LogP contribution in [0.4, 0.5) is 4.39 Å². The lowest BCUT2D eigenvalue weighted by Crippen LogP contribution is -2.46. The molecule has 25 heavy (non-hydrogen) atoms. The number of imidazole rings is 1. The second-order valence-corrected chi connectivity index (χ2v) is 9.73. The molecule has 1 aromatic heterocycles. The maximum Gasteiger partial charge on any atom is 0.253 e. The van der Waals surface area contributed by atoms with Crippen LogP contribution in [0.1, 0.15) is 46.4 Å². The zero-order chi connectivity index (χ0) is 18.8. The van der Waals surface area contributed by atoms with Crippen molar-refractivity contribution in [2.75, 3.05) is 7.11 Å². The number of halogens is 1. The van der Waals surface area contributed by atoms with Crippen LogP contribution in [-0.2, 0) is 17.8 Å². The molecule has 2 rings (SSSR count). The van der Waals surface area contributed by atoms with Gasteiger partial charge in [-0.1, -0.05) is 20.8 Å². The zero-order valence-corrected chi connectivity index (χ0v) is 17.2. The minimum atomic E-state index is -0.0865. The van der Waals surface area contributed by atoms with Crippen LogP contribution < -0.4 is 4.57 Å². The predicted octanol–water partition coefficient (Wildman–Crippen LogP) is 4.61. The molecule has 2 atom stereocenters. The summed E-state index contributed by atoms with van der Waals surface area (Å²) in [6.07, 6.45) is 8.82. The SMILES string of the molecule is COC1=CC=C(F)CC1Cn1cc[n+](CC(C)(S)CC(C)(C)C)c1C. The number of allylic oxidation sites excluding steroid dienone is 4. The molecule has 0 amide bonds. The normalized spacial score (nSPS) is 20.7. The highest BCUT2D eigenvalue weighted by Gasteiger charge is 2.31. The van der Waals surface area contributed by atoms with E-state index in [4.69, 9.17) is 17.4 Å². The largest absolute Gasteiger partial charge is 0.501 e. The molecular weight excluding hydrogens is 335 g/mol. The van der Waals surface area contributed by atoms with E-state index in [0.717, 1.165) is 24.5 Å². The van der Waals surface area contributed by atoms with Crippen LogP contribution in [0.5, 0.6) is 0 Å². The average molecular weight is 368 g/mol. The van der Waals surface area contributed by atoms with Gasteiger partial charge in [-0.15, -0.1) is 0 Å². The Morgan fingerprint density at radius 1 is 1.32 bits per heavy atom. The zero-order valence-electron chi connectivity index (χ0n) is 16.3. The third-order valence-electron chi connectivity index (χ3n) is 4.61. The third-order valence-corrected chi connectivity index (χ3v) is 4.90. The molecule has 0 saturated carbocycles. The molecule has 1 aromatic rings. The Morgan fingerprint density at radius 3 is 2.60 bits per heavy atom. The van der Waals surface area contributed by atoms with Gasteiger partial charge in [0.2, 0.25) is 0 Å². The maximum absolute atomic E-state index is 13.7. The van der Waals surface area contributed by atoms with Gasteiger partial charge in [0.25, 0.3) is 5.82 Å². The van der Waals surface area contributed by atoms with Crippen LogP contribution in [-0.4, -0.2) is 16.4 Å². The van der Waals surface area contributed by atoms with Crippen LogP contribution in [0.15, 0.2) is 36.1 Å². The Hall–Kier alpha value is -1.23. The highest BCUT2D eigenvalue weighted by molar-refractivity contribution is 7.81. The molecule has 1 aliphatic rings. The summed E-state index contributed by atoms with van der Waals surface area (Å²) < 4.78 is 23.4. The van der Waals surface area contributed by atoms with Gasteiger partial charge in [-0.3, -0.25) is 0 Å². The molecule has 140 valence electrons. The fourth-order valence-corrected chi connectivity index (χ4v) is 4.43. The molecule has 0 saturated heterocycles. The van der Waals surface area contributed by atoms with Gasteiger partial charge in [-0.2, -0.15) is 12.6 Å². The first-order valence-electron chi connectivity index (χ1n) is 8.88. The number of rotatable bonds is 6. The van der Waals surface area contributed by atoms with Crippen molar-refractivity contribution in [3.8, 4) is 0 Å². The molecule has 0 bridgehead atoms. The van der Waals surface area contributed by atoms with E-state index in [1.807, 2.05) is 0 Å². The monoisotopic (exact) mass is 367 g/mol. The van der Waals surface area contributed by atoms with Crippen molar-refractivity contribution in [1.82, 2.24) is 4.57 Å². The van der Waals surface area contributed by atoms with E-state index in [-0.39, 0.29) is 21.9 Å². The summed E-state index contributed by atoms with van der Waals surface area (Å²) in [6.45, 7) is 12.6. The Balaban J connectivity index is 2.11. The Kier molecular flexibility index (Phi) is 6.08. The molecule has 2 unspecified atom stereocenters. The van der Waals surface area contributed by atoms with Crippen LogP contribution in [0, 0.1) is 18.3 Å². The van der Waals surface area contributed by atoms with E-state index >= 15 is 0 Å². The third kappa shape index (κ3) is 5.63. The standard InChI is InChI=1S/C20H31FN2OS/c1-15-22(12-16-11-17(21)7-8-18(16)24-6)9-10-23(15)14-20(5,25)13-19(2,3)4/h7-10,16H,11-14H2,1-6H3/p+1. The topological polar surface area (TPSA) is 18.0 Å². The lowest BCUT2D eigenvalue weighted by molar-refractivity contribution is -0.705. The number of hydrogen-bond donors (Lipinski definition) is 1. The van der Waals surface area contributed by atoms with Gasteiger partial charge in [0.05, 0.1) is 13.0 Å². The molecule has 0 N–H and O–H groups in total. The Morgan fingerprint density at radius 2 is 2.00 bits per heavy atom. The van der Waals surface area contributed by atoms with Crippen molar-refractivity contribution < 1.29 is 13.7 Å². The summed E-state index contributed by atoms with van der Waals surface area (Å²) in [4.78, 5) is 0. The van der Waals surface area contributed by atoms with Crippen molar-refractivity contribution in [1.29, 1.82) is 0 Å². The summed E-state index contributed by atoms with van der Waals surface area (Å²) in [5, 5.41) is 0. The van der Waals surface area contributed by atoms with Crippen molar-refractivity contribution in [2.45, 2.75) is 65.3 Å². The van der Waals surface area contributed by atoms with Gasteiger partial charge < -0.3 is 4.74 Å². The first-order valence-corrected chi connectivity index (χ1v) is 9.33. The summed E-state index contributed by atoms with van der Waals surface area (Å²) >= 11 is 4.90. The minimum Gasteiger partial charge on any atom is -0.501 e. The molecule has 0 fully saturated rings. The highest BCUT2D eigenvalue weighted by Crippen LogP contribution is 2.32. The van der Waals surface area contributed by atoms with E-state index < -0.39 is 0 Å². The van der Waals surface area contributed by atoms with Gasteiger partial charge in [0.15, 0.2) is 0 Å². The van der Waals surface area contributed by atoms with Crippen molar-refractivity contribution in [2.24, 2.45) is 11.3 Å².